The van der Waals surface area contributed by atoms with E-state index in [1.54, 1.807) is 0 Å². The SMILES string of the molecule is C=C(C)/C(C)=C(\C)CCC. The normalized spacial score (nSPS) is 12.8. The summed E-state index contributed by atoms with van der Waals surface area (Å²) in [6, 6.07) is 0. The summed E-state index contributed by atoms with van der Waals surface area (Å²) in [6.45, 7) is 12.5. The molecule has 0 aromatic heterocycles. The number of rotatable bonds is 3. The molecular weight excluding hydrogens is 120 g/mol. The van der Waals surface area contributed by atoms with Crippen molar-refractivity contribution in [3.8, 4) is 0 Å². The molecule has 10 heavy (non-hydrogen) atoms. The average molecular weight is 138 g/mol. The first-order chi connectivity index (χ1) is 4.59. The lowest BCUT2D eigenvalue weighted by Gasteiger charge is -2.04. The zero-order chi connectivity index (χ0) is 8.15. The van der Waals surface area contributed by atoms with Crippen LogP contribution in [0.5, 0.6) is 0 Å². The largest absolute Gasteiger partial charge is 0.0959 e. The molecule has 0 aromatic rings. The monoisotopic (exact) mass is 138 g/mol. The van der Waals surface area contributed by atoms with Crippen LogP contribution < -0.4 is 0 Å². The lowest BCUT2D eigenvalue weighted by Crippen LogP contribution is -1.84. The van der Waals surface area contributed by atoms with Crippen LogP contribution in [0.1, 0.15) is 40.5 Å². The summed E-state index contributed by atoms with van der Waals surface area (Å²) in [5.74, 6) is 0. The van der Waals surface area contributed by atoms with Gasteiger partial charge in [-0.3, -0.25) is 0 Å². The third-order valence-corrected chi connectivity index (χ3v) is 1.91. The Morgan fingerprint density at radius 2 is 1.70 bits per heavy atom. The molecule has 0 spiro atoms. The molecule has 0 atom stereocenters. The molecule has 0 radical (unpaired) electrons. The molecule has 0 bridgehead atoms. The second-order valence-corrected chi connectivity index (χ2v) is 2.94. The molecule has 0 aliphatic heterocycles. The van der Waals surface area contributed by atoms with Gasteiger partial charge in [0.25, 0.3) is 0 Å². The van der Waals surface area contributed by atoms with Crippen LogP contribution in [-0.4, -0.2) is 0 Å². The Bertz CT molecular complexity index is 149. The van der Waals surface area contributed by atoms with Crippen molar-refractivity contribution in [3.63, 3.8) is 0 Å². The number of allylic oxidation sites excluding steroid dienone is 3. The van der Waals surface area contributed by atoms with Crippen LogP contribution in [-0.2, 0) is 0 Å². The summed E-state index contributed by atoms with van der Waals surface area (Å²) in [5, 5.41) is 0. The van der Waals surface area contributed by atoms with Crippen LogP contribution in [0, 0.1) is 0 Å². The van der Waals surface area contributed by atoms with Gasteiger partial charge in [-0.05, 0) is 32.8 Å². The van der Waals surface area contributed by atoms with Crippen molar-refractivity contribution in [2.75, 3.05) is 0 Å². The van der Waals surface area contributed by atoms with E-state index in [1.165, 1.54) is 29.6 Å². The fourth-order valence-electron chi connectivity index (χ4n) is 0.927. The van der Waals surface area contributed by atoms with Crippen molar-refractivity contribution >= 4 is 0 Å². The van der Waals surface area contributed by atoms with Gasteiger partial charge in [0.1, 0.15) is 0 Å². The second-order valence-electron chi connectivity index (χ2n) is 2.94. The van der Waals surface area contributed by atoms with Gasteiger partial charge >= 0.3 is 0 Å². The van der Waals surface area contributed by atoms with Gasteiger partial charge in [-0.15, -0.1) is 0 Å². The summed E-state index contributed by atoms with van der Waals surface area (Å²) in [7, 11) is 0. The van der Waals surface area contributed by atoms with Gasteiger partial charge < -0.3 is 0 Å². The Balaban J connectivity index is 4.19. The van der Waals surface area contributed by atoms with Crippen molar-refractivity contribution in [2.45, 2.75) is 40.5 Å². The summed E-state index contributed by atoms with van der Waals surface area (Å²) in [5.41, 5.74) is 4.06. The minimum absolute atomic E-state index is 1.20. The Labute approximate surface area is 64.6 Å². The summed E-state index contributed by atoms with van der Waals surface area (Å²) in [4.78, 5) is 0. The molecule has 0 saturated heterocycles. The van der Waals surface area contributed by atoms with E-state index >= 15 is 0 Å². The van der Waals surface area contributed by atoms with Crippen LogP contribution >= 0.6 is 0 Å². The van der Waals surface area contributed by atoms with Gasteiger partial charge in [0.05, 0.1) is 0 Å². The quantitative estimate of drug-likeness (QED) is 0.522. The molecule has 58 valence electrons. The molecule has 0 heteroatoms. The minimum atomic E-state index is 1.20. The first kappa shape index (κ1) is 9.48. The molecular formula is C10H18. The Morgan fingerprint density at radius 1 is 1.20 bits per heavy atom. The molecule has 0 aromatic carbocycles. The minimum Gasteiger partial charge on any atom is -0.0959 e. The van der Waals surface area contributed by atoms with Crippen LogP contribution in [0.15, 0.2) is 23.3 Å². The third kappa shape index (κ3) is 2.86. The smallest absolute Gasteiger partial charge is 0.0320 e. The molecule has 0 saturated carbocycles. The first-order valence-electron chi connectivity index (χ1n) is 3.91. The highest BCUT2D eigenvalue weighted by atomic mass is 14.0. The van der Waals surface area contributed by atoms with E-state index in [1.807, 2.05) is 0 Å². The van der Waals surface area contributed by atoms with E-state index in [9.17, 15) is 0 Å². The van der Waals surface area contributed by atoms with Crippen LogP contribution in [0.4, 0.5) is 0 Å². The molecule has 0 amide bonds. The van der Waals surface area contributed by atoms with E-state index < -0.39 is 0 Å². The molecule has 0 fully saturated rings. The van der Waals surface area contributed by atoms with Crippen molar-refractivity contribution in [2.24, 2.45) is 0 Å². The van der Waals surface area contributed by atoms with E-state index in [2.05, 4.69) is 34.3 Å². The fraction of sp³-hybridized carbons (Fsp3) is 0.600. The second kappa shape index (κ2) is 4.32. The topological polar surface area (TPSA) is 0 Å². The number of hydrogen-bond donors (Lipinski definition) is 0. The van der Waals surface area contributed by atoms with Gasteiger partial charge in [-0.2, -0.15) is 0 Å². The highest BCUT2D eigenvalue weighted by Gasteiger charge is 1.94. The molecule has 0 rings (SSSR count). The fourth-order valence-corrected chi connectivity index (χ4v) is 0.927. The van der Waals surface area contributed by atoms with Crippen LogP contribution in [0.2, 0.25) is 0 Å². The zero-order valence-electron chi connectivity index (χ0n) is 7.62. The highest BCUT2D eigenvalue weighted by Crippen LogP contribution is 2.15. The Morgan fingerprint density at radius 3 is 2.00 bits per heavy atom. The Kier molecular flexibility index (Phi) is 4.10. The maximum atomic E-state index is 3.90. The lowest BCUT2D eigenvalue weighted by molar-refractivity contribution is 0.892. The van der Waals surface area contributed by atoms with E-state index in [-0.39, 0.29) is 0 Å². The third-order valence-electron chi connectivity index (χ3n) is 1.91. The molecule has 0 aliphatic carbocycles. The van der Waals surface area contributed by atoms with Gasteiger partial charge in [-0.25, -0.2) is 0 Å². The van der Waals surface area contributed by atoms with E-state index in [0.717, 1.165) is 0 Å². The standard InChI is InChI=1S/C10H18/c1-6-7-9(4)10(5)8(2)3/h2,6-7H2,1,3-5H3/b10-9+. The summed E-state index contributed by atoms with van der Waals surface area (Å²) < 4.78 is 0. The van der Waals surface area contributed by atoms with Gasteiger partial charge in [0.2, 0.25) is 0 Å². The van der Waals surface area contributed by atoms with E-state index in [0.29, 0.717) is 0 Å². The molecule has 0 heterocycles. The maximum Gasteiger partial charge on any atom is -0.0320 e. The van der Waals surface area contributed by atoms with Crippen LogP contribution in [0.3, 0.4) is 0 Å². The van der Waals surface area contributed by atoms with Crippen molar-refractivity contribution in [1.82, 2.24) is 0 Å². The Hall–Kier alpha value is -0.520. The van der Waals surface area contributed by atoms with Crippen molar-refractivity contribution in [1.29, 1.82) is 0 Å². The molecule has 0 nitrogen and oxygen atoms in total. The predicted molar refractivity (Wildman–Crippen MR) is 48.1 cm³/mol. The van der Waals surface area contributed by atoms with E-state index in [4.69, 9.17) is 0 Å². The van der Waals surface area contributed by atoms with Crippen molar-refractivity contribution in [3.05, 3.63) is 23.3 Å². The maximum absolute atomic E-state index is 3.90. The average Bonchev–Trinajstić information content (AvgIpc) is 1.87. The molecule has 0 N–H and O–H groups in total. The van der Waals surface area contributed by atoms with Gasteiger partial charge in [-0.1, -0.05) is 31.1 Å². The number of hydrogen-bond acceptors (Lipinski definition) is 0. The first-order valence-corrected chi connectivity index (χ1v) is 3.91. The zero-order valence-corrected chi connectivity index (χ0v) is 7.62. The highest BCUT2D eigenvalue weighted by molar-refractivity contribution is 5.28. The van der Waals surface area contributed by atoms with Gasteiger partial charge in [0, 0.05) is 0 Å². The lowest BCUT2D eigenvalue weighted by atomic mass is 10.0. The van der Waals surface area contributed by atoms with Crippen molar-refractivity contribution < 1.29 is 0 Å². The van der Waals surface area contributed by atoms with Crippen LogP contribution in [0.25, 0.3) is 0 Å². The van der Waals surface area contributed by atoms with Gasteiger partial charge in [0.15, 0.2) is 0 Å². The summed E-state index contributed by atoms with van der Waals surface area (Å²) in [6.07, 6.45) is 2.44. The predicted octanol–water partition coefficient (Wildman–Crippen LogP) is 3.70. The molecule has 0 unspecified atom stereocenters. The molecule has 0 aliphatic rings. The summed E-state index contributed by atoms with van der Waals surface area (Å²) >= 11 is 0.